The van der Waals surface area contributed by atoms with E-state index in [0.717, 1.165) is 11.5 Å². The Hall–Kier alpha value is -3.49. The number of nitrogens with two attached hydrogens (primary N) is 1. The largest absolute Gasteiger partial charge is 0.416 e. The number of halogens is 6. The molecule has 15 heteroatoms. The third-order valence-electron chi connectivity index (χ3n) is 4.03. The zero-order valence-electron chi connectivity index (χ0n) is 16.0. The molecule has 0 saturated carbocycles. The van der Waals surface area contributed by atoms with E-state index in [-0.39, 0.29) is 23.1 Å². The first-order valence-corrected chi connectivity index (χ1v) is 9.16. The molecule has 0 aliphatic rings. The van der Waals surface area contributed by atoms with Crippen molar-refractivity contribution in [3.05, 3.63) is 51.8 Å². The fourth-order valence-corrected chi connectivity index (χ4v) is 3.14. The second-order valence-electron chi connectivity index (χ2n) is 6.31. The molecular formula is C17H11F6N5O3S. The van der Waals surface area contributed by atoms with Crippen LogP contribution in [0.3, 0.4) is 0 Å². The predicted molar refractivity (Wildman–Crippen MR) is 97.5 cm³/mol. The van der Waals surface area contributed by atoms with Gasteiger partial charge in [-0.25, -0.2) is 4.79 Å². The average Bonchev–Trinajstić information content (AvgIpc) is 3.29. The number of hydrogen-bond donors (Lipinski definition) is 1. The molecular weight excluding hydrogens is 468 g/mol. The van der Waals surface area contributed by atoms with Gasteiger partial charge in [0.1, 0.15) is 10.4 Å². The fraction of sp³-hybridized carbons (Fsp3) is 0.235. The third-order valence-corrected chi connectivity index (χ3v) is 4.86. The van der Waals surface area contributed by atoms with E-state index in [4.69, 9.17) is 10.3 Å². The Bertz CT molecular complexity index is 1170. The van der Waals surface area contributed by atoms with Crippen LogP contribution < -0.4 is 5.73 Å². The molecule has 0 radical (unpaired) electrons. The van der Waals surface area contributed by atoms with E-state index in [2.05, 4.69) is 24.7 Å². The van der Waals surface area contributed by atoms with Gasteiger partial charge >= 0.3 is 18.3 Å². The highest BCUT2D eigenvalue weighted by atomic mass is 32.1. The number of alkyl halides is 6. The van der Waals surface area contributed by atoms with Crippen LogP contribution in [0.15, 0.2) is 27.9 Å². The molecule has 0 atom stereocenters. The van der Waals surface area contributed by atoms with Gasteiger partial charge in [-0.05, 0) is 43.6 Å². The quantitative estimate of drug-likeness (QED) is 0.195. The summed E-state index contributed by atoms with van der Waals surface area (Å²) >= 11 is 0.900. The van der Waals surface area contributed by atoms with Crippen molar-refractivity contribution in [1.29, 1.82) is 0 Å². The monoisotopic (exact) mass is 479 g/mol. The van der Waals surface area contributed by atoms with E-state index in [1.807, 2.05) is 0 Å². The van der Waals surface area contributed by atoms with E-state index in [1.165, 1.54) is 6.92 Å². The number of oxime groups is 1. The van der Waals surface area contributed by atoms with Gasteiger partial charge in [0.2, 0.25) is 0 Å². The maximum absolute atomic E-state index is 13.0. The standard InChI is InChI=1S/C17H11F6N5O3S/c1-6-11(12(30-26-6)13-7(2)25-28-32-13)15(29)31-27-14(24)8-3-9(16(18,19)20)5-10(4-8)17(21,22)23/h3-5H,1-2H3,(H2,24,27). The zero-order chi connectivity index (χ0) is 23.8. The minimum Gasteiger partial charge on any atom is -0.380 e. The number of nitrogens with zero attached hydrogens (tertiary/aromatic N) is 4. The first-order valence-electron chi connectivity index (χ1n) is 8.39. The molecule has 2 aromatic heterocycles. The maximum Gasteiger partial charge on any atom is 0.416 e. The van der Waals surface area contributed by atoms with E-state index in [1.54, 1.807) is 6.92 Å². The summed E-state index contributed by atoms with van der Waals surface area (Å²) in [6, 6.07) is 0.635. The highest BCUT2D eigenvalue weighted by molar-refractivity contribution is 7.09. The lowest BCUT2D eigenvalue weighted by Gasteiger charge is -2.13. The molecule has 2 heterocycles. The smallest absolute Gasteiger partial charge is 0.380 e. The second kappa shape index (κ2) is 8.22. The Labute approximate surface area is 178 Å². The van der Waals surface area contributed by atoms with Crippen molar-refractivity contribution in [3.63, 3.8) is 0 Å². The molecule has 0 aliphatic carbocycles. The van der Waals surface area contributed by atoms with Crippen LogP contribution in [-0.4, -0.2) is 26.5 Å². The average molecular weight is 479 g/mol. The number of amidine groups is 1. The summed E-state index contributed by atoms with van der Waals surface area (Å²) in [7, 11) is 0. The molecule has 1 aromatic carbocycles. The third kappa shape index (κ3) is 4.71. The number of hydrogen-bond acceptors (Lipinski definition) is 8. The Morgan fingerprint density at radius 2 is 1.66 bits per heavy atom. The summed E-state index contributed by atoms with van der Waals surface area (Å²) in [5, 5.41) is 10.6. The SMILES string of the molecule is Cc1nnsc1-c1onc(C)c1C(=O)O/N=C(\N)c1cc(C(F)(F)F)cc(C(F)(F)F)c1. The van der Waals surface area contributed by atoms with Crippen LogP contribution >= 0.6 is 11.5 Å². The first kappa shape index (κ1) is 23.2. The number of aromatic nitrogens is 3. The Kier molecular flexibility index (Phi) is 5.95. The lowest BCUT2D eigenvalue weighted by molar-refractivity contribution is -0.143. The van der Waals surface area contributed by atoms with Crippen LogP contribution in [0, 0.1) is 13.8 Å². The van der Waals surface area contributed by atoms with Crippen molar-refractivity contribution in [2.45, 2.75) is 26.2 Å². The summed E-state index contributed by atoms with van der Waals surface area (Å²) in [5.74, 6) is -2.08. The number of carbonyl (C=O) groups is 1. The van der Waals surface area contributed by atoms with Crippen molar-refractivity contribution in [3.8, 4) is 10.6 Å². The molecule has 0 aliphatic heterocycles. The van der Waals surface area contributed by atoms with Gasteiger partial charge in [0.05, 0.1) is 22.5 Å². The summed E-state index contributed by atoms with van der Waals surface area (Å²) in [5.41, 5.74) is 1.88. The molecule has 2 N–H and O–H groups in total. The van der Waals surface area contributed by atoms with Crippen LogP contribution in [0.2, 0.25) is 0 Å². The lowest BCUT2D eigenvalue weighted by atomic mass is 10.0. The van der Waals surface area contributed by atoms with E-state index < -0.39 is 40.8 Å². The molecule has 8 nitrogen and oxygen atoms in total. The summed E-state index contributed by atoms with van der Waals surface area (Å²) in [6.45, 7) is 3.00. The minimum absolute atomic E-state index is 0.0350. The highest BCUT2D eigenvalue weighted by Crippen LogP contribution is 2.36. The number of carbonyl (C=O) groups excluding carboxylic acids is 1. The second-order valence-corrected chi connectivity index (χ2v) is 7.06. The van der Waals surface area contributed by atoms with Gasteiger partial charge < -0.3 is 15.1 Å². The van der Waals surface area contributed by atoms with Crippen molar-refractivity contribution in [2.24, 2.45) is 10.9 Å². The molecule has 0 fully saturated rings. The van der Waals surface area contributed by atoms with Crippen LogP contribution in [0.1, 0.15) is 38.4 Å². The van der Waals surface area contributed by atoms with Crippen LogP contribution in [0.25, 0.3) is 10.6 Å². The first-order chi connectivity index (χ1) is 14.8. The number of benzene rings is 1. The molecule has 170 valence electrons. The molecule has 0 unspecified atom stereocenters. The van der Waals surface area contributed by atoms with E-state index in [9.17, 15) is 31.1 Å². The fourth-order valence-electron chi connectivity index (χ4n) is 2.50. The minimum atomic E-state index is -5.08. The Morgan fingerprint density at radius 3 is 2.16 bits per heavy atom. The van der Waals surface area contributed by atoms with Crippen molar-refractivity contribution >= 4 is 23.3 Å². The molecule has 3 rings (SSSR count). The molecule has 0 saturated heterocycles. The van der Waals surface area contributed by atoms with Gasteiger partial charge in [0.25, 0.3) is 0 Å². The molecule has 0 spiro atoms. The normalized spacial score (nSPS) is 12.8. The highest BCUT2D eigenvalue weighted by Gasteiger charge is 2.37. The lowest BCUT2D eigenvalue weighted by Crippen LogP contribution is -2.19. The van der Waals surface area contributed by atoms with Crippen LogP contribution in [-0.2, 0) is 17.2 Å². The van der Waals surface area contributed by atoms with Crippen molar-refractivity contribution in [1.82, 2.24) is 14.7 Å². The van der Waals surface area contributed by atoms with Gasteiger partial charge in [-0.15, -0.1) is 5.10 Å². The van der Waals surface area contributed by atoms with Gasteiger partial charge in [0, 0.05) is 5.56 Å². The van der Waals surface area contributed by atoms with Crippen LogP contribution in [0.5, 0.6) is 0 Å². The van der Waals surface area contributed by atoms with Crippen molar-refractivity contribution in [2.75, 3.05) is 0 Å². The zero-order valence-corrected chi connectivity index (χ0v) is 16.8. The Balaban J connectivity index is 1.94. The Morgan fingerprint density at radius 1 is 1.06 bits per heavy atom. The molecule has 3 aromatic rings. The van der Waals surface area contributed by atoms with E-state index in [0.29, 0.717) is 22.7 Å². The summed E-state index contributed by atoms with van der Waals surface area (Å²) in [6.07, 6.45) is -10.2. The van der Waals surface area contributed by atoms with Gasteiger partial charge in [0.15, 0.2) is 11.6 Å². The molecule has 32 heavy (non-hydrogen) atoms. The molecule has 0 amide bonds. The van der Waals surface area contributed by atoms with Gasteiger partial charge in [-0.2, -0.15) is 26.3 Å². The van der Waals surface area contributed by atoms with Crippen LogP contribution in [0.4, 0.5) is 26.3 Å². The predicted octanol–water partition coefficient (Wildman–Crippen LogP) is 4.32. The van der Waals surface area contributed by atoms with Crippen molar-refractivity contribution < 1.29 is 40.5 Å². The van der Waals surface area contributed by atoms with E-state index >= 15 is 0 Å². The van der Waals surface area contributed by atoms with Gasteiger partial charge in [-0.1, -0.05) is 14.8 Å². The molecule has 0 bridgehead atoms. The summed E-state index contributed by atoms with van der Waals surface area (Å²) < 4.78 is 86.8. The number of rotatable bonds is 4. The topological polar surface area (TPSA) is 116 Å². The summed E-state index contributed by atoms with van der Waals surface area (Å²) in [4.78, 5) is 17.5. The number of aryl methyl sites for hydroxylation is 2. The maximum atomic E-state index is 13.0. The van der Waals surface area contributed by atoms with Gasteiger partial charge in [-0.3, -0.25) is 0 Å².